The molecule has 2 heterocycles. The number of alkyl halides is 3. The van der Waals surface area contributed by atoms with E-state index in [0.29, 0.717) is 26.4 Å². The van der Waals surface area contributed by atoms with Crippen LogP contribution in [0.2, 0.25) is 0 Å². The first kappa shape index (κ1) is 25.3. The number of sulfonamides is 1. The molecule has 1 amide bonds. The van der Waals surface area contributed by atoms with Gasteiger partial charge in [0.25, 0.3) is 5.91 Å². The molecule has 0 unspecified atom stereocenters. The van der Waals surface area contributed by atoms with Crippen molar-refractivity contribution in [1.82, 2.24) is 4.41 Å². The summed E-state index contributed by atoms with van der Waals surface area (Å²) in [4.78, 5) is 12.5. The summed E-state index contributed by atoms with van der Waals surface area (Å²) in [5, 5.41) is 0. The zero-order valence-electron chi connectivity index (χ0n) is 17.1. The second-order valence-electron chi connectivity index (χ2n) is 8.00. The normalized spacial score (nSPS) is 20.5. The fraction of sp³-hybridized carbons (Fsp3) is 0.941. The minimum Gasteiger partial charge on any atom is -0.380 e. The van der Waals surface area contributed by atoms with Crippen LogP contribution in [0, 0.1) is 16.7 Å². The molecule has 2 aliphatic heterocycles. The quantitative estimate of drug-likeness (QED) is 0.260. The molecule has 0 aliphatic carbocycles. The molecule has 2 aliphatic rings. The molecule has 2 rings (SSSR count). The molecule has 176 valence electrons. The fourth-order valence-corrected chi connectivity index (χ4v) is 3.61. The van der Waals surface area contributed by atoms with Crippen LogP contribution in [0.5, 0.6) is 0 Å². The van der Waals surface area contributed by atoms with Crippen LogP contribution in [0.1, 0.15) is 26.7 Å². The van der Waals surface area contributed by atoms with E-state index >= 15 is 0 Å². The number of hydrazine groups is 1. The smallest absolute Gasteiger partial charge is 0.380 e. The van der Waals surface area contributed by atoms with E-state index in [1.54, 1.807) is 0 Å². The molecule has 0 atom stereocenters. The topological polar surface area (TPSA) is 117 Å². The Morgan fingerprint density at radius 2 is 1.43 bits per heavy atom. The monoisotopic (exact) mass is 462 g/mol. The van der Waals surface area contributed by atoms with Gasteiger partial charge in [0.05, 0.1) is 58.8 Å². The average molecular weight is 462 g/mol. The predicted octanol–water partition coefficient (Wildman–Crippen LogP) is 1.04. The molecule has 2 saturated heterocycles. The lowest BCUT2D eigenvalue weighted by molar-refractivity contribution is -0.166. The number of nitrogens with two attached hydrogens (primary N) is 1. The van der Waals surface area contributed by atoms with Crippen molar-refractivity contribution in [2.75, 3.05) is 52.9 Å². The van der Waals surface area contributed by atoms with Gasteiger partial charge in [-0.3, -0.25) is 4.79 Å². The van der Waals surface area contributed by atoms with Gasteiger partial charge in [-0.25, -0.2) is 5.84 Å². The zero-order valence-corrected chi connectivity index (χ0v) is 17.9. The Morgan fingerprint density at radius 3 is 1.70 bits per heavy atom. The highest BCUT2D eigenvalue weighted by Gasteiger charge is 2.52. The Balaban J connectivity index is 2.02. The number of hydrogen-bond donors (Lipinski definition) is 1. The molecule has 0 saturated carbocycles. The molecular weight excluding hydrogens is 433 g/mol. The van der Waals surface area contributed by atoms with Crippen molar-refractivity contribution < 1.29 is 45.3 Å². The van der Waals surface area contributed by atoms with Crippen molar-refractivity contribution in [3.8, 4) is 0 Å². The second-order valence-corrected chi connectivity index (χ2v) is 9.81. The summed E-state index contributed by atoms with van der Waals surface area (Å²) in [5.41, 5.74) is -6.14. The molecular formula is C17H29F3N2O7S. The van der Waals surface area contributed by atoms with Crippen LogP contribution < -0.4 is 5.84 Å². The molecule has 0 aromatic rings. The van der Waals surface area contributed by atoms with Gasteiger partial charge in [0, 0.05) is 10.8 Å². The maximum absolute atomic E-state index is 12.8. The molecule has 2 N–H and O–H groups in total. The van der Waals surface area contributed by atoms with Gasteiger partial charge in [0.1, 0.15) is 0 Å². The molecule has 9 nitrogen and oxygen atoms in total. The number of ether oxygens (including phenoxy) is 4. The van der Waals surface area contributed by atoms with Crippen molar-refractivity contribution in [1.29, 1.82) is 0 Å². The van der Waals surface area contributed by atoms with Crippen molar-refractivity contribution in [2.24, 2.45) is 22.6 Å². The van der Waals surface area contributed by atoms with E-state index in [4.69, 9.17) is 24.8 Å². The Hall–Kier alpha value is -0.990. The second kappa shape index (κ2) is 9.65. The molecule has 0 aromatic carbocycles. The van der Waals surface area contributed by atoms with Crippen LogP contribution in [0.3, 0.4) is 0 Å². The fourth-order valence-electron chi connectivity index (χ4n) is 3.00. The van der Waals surface area contributed by atoms with Gasteiger partial charge in [-0.15, -0.1) is 0 Å². The molecule has 0 bridgehead atoms. The van der Waals surface area contributed by atoms with Crippen LogP contribution >= 0.6 is 0 Å². The number of carbonyl (C=O) groups excluding carboxylic acids is 1. The van der Waals surface area contributed by atoms with Gasteiger partial charge in [0.15, 0.2) is 0 Å². The lowest BCUT2D eigenvalue weighted by Gasteiger charge is -2.41. The van der Waals surface area contributed by atoms with Crippen molar-refractivity contribution >= 4 is 15.9 Å². The number of nitrogens with zero attached hydrogens (tertiary/aromatic N) is 1. The Labute approximate surface area is 174 Å². The van der Waals surface area contributed by atoms with E-state index in [1.165, 1.54) is 0 Å². The zero-order chi connectivity index (χ0) is 22.6. The van der Waals surface area contributed by atoms with Gasteiger partial charge in [-0.2, -0.15) is 26.0 Å². The first-order chi connectivity index (χ1) is 13.9. The summed E-state index contributed by atoms with van der Waals surface area (Å²) in [6.45, 7) is 5.56. The predicted molar refractivity (Wildman–Crippen MR) is 98.2 cm³/mol. The number of hydrogen-bond acceptors (Lipinski definition) is 8. The van der Waals surface area contributed by atoms with Crippen molar-refractivity contribution in [3.63, 3.8) is 0 Å². The molecule has 13 heteroatoms. The minimum absolute atomic E-state index is 0.218. The molecule has 2 fully saturated rings. The molecule has 30 heavy (non-hydrogen) atoms. The summed E-state index contributed by atoms with van der Waals surface area (Å²) < 4.78 is 82.0. The molecule has 0 spiro atoms. The Morgan fingerprint density at radius 1 is 1.03 bits per heavy atom. The highest BCUT2D eigenvalue weighted by atomic mass is 32.2. The number of amides is 1. The van der Waals surface area contributed by atoms with Crippen LogP contribution in [0.15, 0.2) is 0 Å². The van der Waals surface area contributed by atoms with Crippen LogP contribution in [-0.2, 0) is 33.8 Å². The van der Waals surface area contributed by atoms with E-state index in [9.17, 15) is 26.4 Å². The number of halogens is 3. The van der Waals surface area contributed by atoms with Crippen LogP contribution in [0.4, 0.5) is 13.2 Å². The van der Waals surface area contributed by atoms with E-state index in [2.05, 4.69) is 0 Å². The maximum Gasteiger partial charge on any atom is 0.518 e. The standard InChI is InChI=1S/C17H29F3N2O7S/c1-3-15(9-28-10-15)7-26-5-13(6-27-8-16(4-2)11-29-12-16)14(23)22(21)30(24,25)17(18,19)20/h13H,3-12,21H2,1-2H3. The van der Waals surface area contributed by atoms with E-state index in [0.717, 1.165) is 12.8 Å². The molecule has 0 radical (unpaired) electrons. The Bertz CT molecular complexity index is 655. The Kier molecular flexibility index (Phi) is 8.13. The van der Waals surface area contributed by atoms with Crippen molar-refractivity contribution in [2.45, 2.75) is 32.2 Å². The average Bonchev–Trinajstić information content (AvgIpc) is 2.62. The number of rotatable bonds is 12. The summed E-state index contributed by atoms with van der Waals surface area (Å²) in [5.74, 6) is 2.28. The largest absolute Gasteiger partial charge is 0.518 e. The van der Waals surface area contributed by atoms with Gasteiger partial charge in [-0.1, -0.05) is 13.8 Å². The van der Waals surface area contributed by atoms with Crippen molar-refractivity contribution in [3.05, 3.63) is 0 Å². The summed E-state index contributed by atoms with van der Waals surface area (Å²) in [6, 6.07) is 0. The highest BCUT2D eigenvalue weighted by molar-refractivity contribution is 7.90. The third-order valence-electron chi connectivity index (χ3n) is 5.71. The molecule has 0 aromatic heterocycles. The summed E-state index contributed by atoms with van der Waals surface area (Å²) >= 11 is 0. The van der Waals surface area contributed by atoms with Gasteiger partial charge < -0.3 is 18.9 Å². The first-order valence-corrected chi connectivity index (χ1v) is 11.1. The number of carbonyl (C=O) groups is 1. The minimum atomic E-state index is -6.01. The van der Waals surface area contributed by atoms with Gasteiger partial charge >= 0.3 is 15.5 Å². The first-order valence-electron chi connectivity index (χ1n) is 9.63. The summed E-state index contributed by atoms with van der Waals surface area (Å²) in [6.07, 6.45) is 1.51. The van der Waals surface area contributed by atoms with E-state index in [-0.39, 0.29) is 37.3 Å². The highest BCUT2D eigenvalue weighted by Crippen LogP contribution is 2.33. The van der Waals surface area contributed by atoms with Gasteiger partial charge in [0.2, 0.25) is 0 Å². The van der Waals surface area contributed by atoms with Crippen LogP contribution in [0.25, 0.3) is 0 Å². The van der Waals surface area contributed by atoms with Gasteiger partial charge in [-0.05, 0) is 12.8 Å². The van der Waals surface area contributed by atoms with Crippen LogP contribution in [-0.4, -0.2) is 77.1 Å². The van der Waals surface area contributed by atoms with E-state index < -0.39 is 31.8 Å². The van der Waals surface area contributed by atoms with E-state index in [1.807, 2.05) is 13.8 Å². The summed E-state index contributed by atoms with van der Waals surface area (Å²) in [7, 11) is -6.01. The SMILES string of the molecule is CCC1(COCC(COCC2(CC)COC2)C(=O)N(N)S(=O)(=O)C(F)(F)F)COC1. The lowest BCUT2D eigenvalue weighted by atomic mass is 9.84. The third kappa shape index (κ3) is 5.43. The lowest BCUT2D eigenvalue weighted by Crippen LogP contribution is -2.53. The third-order valence-corrected chi connectivity index (χ3v) is 6.99. The maximum atomic E-state index is 12.8.